The Bertz CT molecular complexity index is 953. The van der Waals surface area contributed by atoms with Crippen molar-refractivity contribution in [3.05, 3.63) is 60.4 Å². The minimum Gasteiger partial charge on any atom is -0.322 e. The highest BCUT2D eigenvalue weighted by Gasteiger charge is 2.18. The van der Waals surface area contributed by atoms with Gasteiger partial charge in [-0.3, -0.25) is 19.5 Å². The Morgan fingerprint density at radius 2 is 2.08 bits per heavy atom. The van der Waals surface area contributed by atoms with E-state index in [4.69, 9.17) is 0 Å². The van der Waals surface area contributed by atoms with Gasteiger partial charge in [-0.1, -0.05) is 12.1 Å². The number of carbonyl (C=O) groups is 1. The second kappa shape index (κ2) is 7.92. The molecule has 134 valence electrons. The zero-order valence-corrected chi connectivity index (χ0v) is 14.7. The van der Waals surface area contributed by atoms with Crippen molar-refractivity contribution in [1.29, 1.82) is 0 Å². The first-order valence-corrected chi connectivity index (χ1v) is 9.56. The van der Waals surface area contributed by atoms with E-state index in [1.807, 2.05) is 6.07 Å². The van der Waals surface area contributed by atoms with Crippen LogP contribution in [0.5, 0.6) is 0 Å². The lowest BCUT2D eigenvalue weighted by molar-refractivity contribution is -0.111. The fourth-order valence-electron chi connectivity index (χ4n) is 2.41. The number of anilines is 1. The summed E-state index contributed by atoms with van der Waals surface area (Å²) in [5.41, 5.74) is 1.18. The van der Waals surface area contributed by atoms with Crippen LogP contribution in [0.15, 0.2) is 64.8 Å². The minimum absolute atomic E-state index is 0.0705. The summed E-state index contributed by atoms with van der Waals surface area (Å²) in [5.74, 6) is 0.107. The number of amidine groups is 1. The highest BCUT2D eigenvalue weighted by Crippen LogP contribution is 2.16. The summed E-state index contributed by atoms with van der Waals surface area (Å²) in [6.07, 6.45) is 7.74. The number of nitrogens with zero attached hydrogens (tertiary/aromatic N) is 2. The van der Waals surface area contributed by atoms with E-state index in [1.165, 1.54) is 18.2 Å². The molecule has 2 heterocycles. The molecule has 3 rings (SSSR count). The lowest BCUT2D eigenvalue weighted by atomic mass is 10.2. The van der Waals surface area contributed by atoms with Gasteiger partial charge in [-0.2, -0.15) is 0 Å². The van der Waals surface area contributed by atoms with Gasteiger partial charge in [-0.05, 0) is 42.3 Å². The molecule has 1 amide bonds. The van der Waals surface area contributed by atoms with Crippen LogP contribution < -0.4 is 10.0 Å². The molecule has 1 aliphatic rings. The highest BCUT2D eigenvalue weighted by molar-refractivity contribution is 7.90. The van der Waals surface area contributed by atoms with E-state index < -0.39 is 10.0 Å². The maximum absolute atomic E-state index is 12.4. The minimum atomic E-state index is -3.72. The van der Waals surface area contributed by atoms with Crippen molar-refractivity contribution < 1.29 is 13.2 Å². The number of hydrogen-bond donors (Lipinski definition) is 2. The smallest absolute Gasteiger partial charge is 0.262 e. The van der Waals surface area contributed by atoms with Crippen molar-refractivity contribution in [2.45, 2.75) is 17.7 Å². The number of hydrogen-bond acceptors (Lipinski definition) is 5. The number of carbonyl (C=O) groups excluding carboxylic acids is 1. The highest BCUT2D eigenvalue weighted by atomic mass is 32.2. The number of aromatic nitrogens is 1. The van der Waals surface area contributed by atoms with Crippen LogP contribution >= 0.6 is 0 Å². The summed E-state index contributed by atoms with van der Waals surface area (Å²) in [6, 6.07) is 9.68. The fraction of sp³-hybridized carbons (Fsp3) is 0.167. The average molecular weight is 370 g/mol. The quantitative estimate of drug-likeness (QED) is 0.788. The molecule has 1 aromatic carbocycles. The van der Waals surface area contributed by atoms with Crippen LogP contribution in [0, 0.1) is 0 Å². The van der Waals surface area contributed by atoms with Crippen LogP contribution in [0.1, 0.15) is 18.4 Å². The number of rotatable bonds is 5. The summed E-state index contributed by atoms with van der Waals surface area (Å²) >= 11 is 0. The Morgan fingerprint density at radius 3 is 2.81 bits per heavy atom. The Balaban J connectivity index is 1.69. The Labute approximate surface area is 151 Å². The molecule has 0 fully saturated rings. The number of pyridine rings is 1. The average Bonchev–Trinajstić information content (AvgIpc) is 3.13. The van der Waals surface area contributed by atoms with Gasteiger partial charge in [0.2, 0.25) is 5.91 Å². The van der Waals surface area contributed by atoms with Crippen molar-refractivity contribution >= 4 is 33.5 Å². The molecular formula is C18H18N4O3S. The summed E-state index contributed by atoms with van der Waals surface area (Å²) in [4.78, 5) is 20.2. The van der Waals surface area contributed by atoms with E-state index in [-0.39, 0.29) is 10.8 Å². The lowest BCUT2D eigenvalue weighted by Crippen LogP contribution is -2.29. The molecular weight excluding hydrogens is 352 g/mol. The van der Waals surface area contributed by atoms with Crippen LogP contribution in [0.4, 0.5) is 5.69 Å². The fourth-order valence-corrected chi connectivity index (χ4v) is 3.54. The monoisotopic (exact) mass is 370 g/mol. The predicted octanol–water partition coefficient (Wildman–Crippen LogP) is 2.20. The van der Waals surface area contributed by atoms with E-state index in [0.29, 0.717) is 24.5 Å². The molecule has 1 aromatic heterocycles. The molecule has 2 aromatic rings. The lowest BCUT2D eigenvalue weighted by Gasteiger charge is -2.09. The summed E-state index contributed by atoms with van der Waals surface area (Å²) in [5, 5.41) is 2.65. The second-order valence-corrected chi connectivity index (χ2v) is 7.36. The molecule has 2 N–H and O–H groups in total. The molecule has 0 atom stereocenters. The van der Waals surface area contributed by atoms with Crippen molar-refractivity contribution in [2.24, 2.45) is 4.99 Å². The third-order valence-electron chi connectivity index (χ3n) is 3.65. The normalized spacial score (nSPS) is 14.2. The van der Waals surface area contributed by atoms with Gasteiger partial charge in [0.05, 0.1) is 4.90 Å². The van der Waals surface area contributed by atoms with Gasteiger partial charge in [0.15, 0.2) is 0 Å². The van der Waals surface area contributed by atoms with E-state index in [1.54, 1.807) is 36.7 Å². The van der Waals surface area contributed by atoms with Gasteiger partial charge in [0.1, 0.15) is 5.84 Å². The SMILES string of the molecule is O=C(/C=C/c1cccnc1)Nc1cccc(S(=O)(=O)NC2=NCCC2)c1. The van der Waals surface area contributed by atoms with Gasteiger partial charge in [-0.25, -0.2) is 8.42 Å². The molecule has 0 saturated carbocycles. The third-order valence-corrected chi connectivity index (χ3v) is 5.03. The molecule has 1 aliphatic heterocycles. The van der Waals surface area contributed by atoms with Crippen LogP contribution in [0.3, 0.4) is 0 Å². The Kier molecular flexibility index (Phi) is 5.43. The standard InChI is InChI=1S/C18H18N4O3S/c23-18(9-8-14-4-2-10-19-13-14)21-15-5-1-6-16(12-15)26(24,25)22-17-7-3-11-20-17/h1-2,4-6,8-10,12-13H,3,7,11H2,(H,20,22)(H,21,23)/b9-8+. The van der Waals surface area contributed by atoms with Gasteiger partial charge in [0, 0.05) is 37.1 Å². The third kappa shape index (κ3) is 4.76. The summed E-state index contributed by atoms with van der Waals surface area (Å²) < 4.78 is 27.3. The zero-order valence-electron chi connectivity index (χ0n) is 13.9. The Hall–Kier alpha value is -3.00. The number of sulfonamides is 1. The van der Waals surface area contributed by atoms with Crippen LogP contribution in [-0.2, 0) is 14.8 Å². The molecule has 7 nitrogen and oxygen atoms in total. The maximum Gasteiger partial charge on any atom is 0.262 e. The molecule has 0 spiro atoms. The second-order valence-electron chi connectivity index (χ2n) is 5.67. The molecule has 0 aliphatic carbocycles. The first-order chi connectivity index (χ1) is 12.5. The van der Waals surface area contributed by atoms with Crippen molar-refractivity contribution in [1.82, 2.24) is 9.71 Å². The van der Waals surface area contributed by atoms with Crippen molar-refractivity contribution in [3.63, 3.8) is 0 Å². The topological polar surface area (TPSA) is 101 Å². The van der Waals surface area contributed by atoms with Gasteiger partial charge in [0.25, 0.3) is 10.0 Å². The van der Waals surface area contributed by atoms with Crippen LogP contribution in [-0.4, -0.2) is 31.7 Å². The summed E-state index contributed by atoms with van der Waals surface area (Å²) in [7, 11) is -3.72. The van der Waals surface area contributed by atoms with Gasteiger partial charge < -0.3 is 5.32 Å². The van der Waals surface area contributed by atoms with Crippen LogP contribution in [0.25, 0.3) is 6.08 Å². The largest absolute Gasteiger partial charge is 0.322 e. The van der Waals surface area contributed by atoms with Gasteiger partial charge >= 0.3 is 0 Å². The molecule has 0 bridgehead atoms. The van der Waals surface area contributed by atoms with Crippen molar-refractivity contribution in [3.8, 4) is 0 Å². The van der Waals surface area contributed by atoms with E-state index in [2.05, 4.69) is 20.0 Å². The number of aliphatic imine (C=N–C) groups is 1. The molecule has 0 unspecified atom stereocenters. The first kappa shape index (κ1) is 17.8. The van der Waals surface area contributed by atoms with Gasteiger partial charge in [-0.15, -0.1) is 0 Å². The molecule has 8 heteroatoms. The number of nitrogens with one attached hydrogen (secondary N) is 2. The van der Waals surface area contributed by atoms with E-state index >= 15 is 0 Å². The summed E-state index contributed by atoms with van der Waals surface area (Å²) in [6.45, 7) is 0.636. The first-order valence-electron chi connectivity index (χ1n) is 8.08. The Morgan fingerprint density at radius 1 is 1.19 bits per heavy atom. The van der Waals surface area contributed by atoms with E-state index in [0.717, 1.165) is 12.0 Å². The molecule has 0 saturated heterocycles. The zero-order chi connectivity index (χ0) is 18.4. The van der Waals surface area contributed by atoms with Crippen LogP contribution in [0.2, 0.25) is 0 Å². The van der Waals surface area contributed by atoms with Crippen molar-refractivity contribution in [2.75, 3.05) is 11.9 Å². The maximum atomic E-state index is 12.4. The van der Waals surface area contributed by atoms with E-state index in [9.17, 15) is 13.2 Å². The number of amides is 1. The predicted molar refractivity (Wildman–Crippen MR) is 100 cm³/mol. The molecule has 0 radical (unpaired) electrons. The number of benzene rings is 1. The molecule has 26 heavy (non-hydrogen) atoms.